The summed E-state index contributed by atoms with van der Waals surface area (Å²) in [5, 5.41) is 9.72. The molecule has 1 amide bonds. The van der Waals surface area contributed by atoms with Gasteiger partial charge in [-0.25, -0.2) is 4.79 Å². The molecule has 1 atom stereocenters. The van der Waals surface area contributed by atoms with Crippen LogP contribution in [0.3, 0.4) is 0 Å². The molecule has 0 aliphatic carbocycles. The highest BCUT2D eigenvalue weighted by Gasteiger charge is 2.25. The first-order valence-electron chi connectivity index (χ1n) is 9.75. The fourth-order valence-electron chi connectivity index (χ4n) is 3.77. The lowest BCUT2D eigenvalue weighted by molar-refractivity contribution is 0.0747. The van der Waals surface area contributed by atoms with Crippen molar-refractivity contribution in [2.24, 2.45) is 0 Å². The number of hydrogen-bond acceptors (Lipinski definition) is 4. The first-order valence-corrected chi connectivity index (χ1v) is 9.75. The van der Waals surface area contributed by atoms with Crippen molar-refractivity contribution in [1.82, 2.24) is 14.9 Å². The van der Waals surface area contributed by atoms with Gasteiger partial charge in [-0.05, 0) is 74.2 Å². The standard InChI is InChI=1S/C23H23N3O3/c1-14-12-18(9-10-21(14)27)20-13-19(24-23(29)25-20)16-5-7-17(8-6-16)22(28)26-11-3-4-15(26)2/h5-10,12-13,15,27H,3-4,11H2,1-2H3,(H,24,25,29). The van der Waals surface area contributed by atoms with Gasteiger partial charge in [-0.3, -0.25) is 4.79 Å². The summed E-state index contributed by atoms with van der Waals surface area (Å²) in [6.45, 7) is 4.67. The highest BCUT2D eigenvalue weighted by molar-refractivity contribution is 5.95. The number of H-pyrrole nitrogens is 1. The fourth-order valence-corrected chi connectivity index (χ4v) is 3.77. The molecule has 1 saturated heterocycles. The van der Waals surface area contributed by atoms with Crippen LogP contribution in [0.5, 0.6) is 5.75 Å². The van der Waals surface area contributed by atoms with E-state index < -0.39 is 5.69 Å². The third-order valence-electron chi connectivity index (χ3n) is 5.49. The monoisotopic (exact) mass is 389 g/mol. The molecule has 0 radical (unpaired) electrons. The predicted molar refractivity (Wildman–Crippen MR) is 112 cm³/mol. The summed E-state index contributed by atoms with van der Waals surface area (Å²) in [5.41, 5.74) is 3.61. The van der Waals surface area contributed by atoms with Crippen LogP contribution in [0.25, 0.3) is 22.5 Å². The molecule has 148 valence electrons. The Kier molecular flexibility index (Phi) is 4.92. The van der Waals surface area contributed by atoms with E-state index in [2.05, 4.69) is 16.9 Å². The van der Waals surface area contributed by atoms with Gasteiger partial charge in [0.05, 0.1) is 11.4 Å². The molecule has 2 aromatic carbocycles. The van der Waals surface area contributed by atoms with Crippen LogP contribution in [0.2, 0.25) is 0 Å². The molecule has 1 fully saturated rings. The highest BCUT2D eigenvalue weighted by atomic mass is 16.3. The number of rotatable bonds is 3. The molecule has 29 heavy (non-hydrogen) atoms. The van der Waals surface area contributed by atoms with Crippen LogP contribution in [0.4, 0.5) is 0 Å². The van der Waals surface area contributed by atoms with Crippen molar-refractivity contribution >= 4 is 5.91 Å². The number of hydrogen-bond donors (Lipinski definition) is 2. The molecule has 3 aromatic rings. The summed E-state index contributed by atoms with van der Waals surface area (Å²) >= 11 is 0. The Morgan fingerprint density at radius 1 is 1.14 bits per heavy atom. The first-order chi connectivity index (χ1) is 13.9. The Morgan fingerprint density at radius 2 is 1.86 bits per heavy atom. The molecule has 6 nitrogen and oxygen atoms in total. The Hall–Kier alpha value is -3.41. The number of aryl methyl sites for hydroxylation is 1. The van der Waals surface area contributed by atoms with E-state index in [0.717, 1.165) is 30.5 Å². The number of nitrogens with zero attached hydrogens (tertiary/aromatic N) is 2. The lowest BCUT2D eigenvalue weighted by atomic mass is 10.0. The second kappa shape index (κ2) is 7.54. The largest absolute Gasteiger partial charge is 0.508 e. The average Bonchev–Trinajstić information content (AvgIpc) is 3.15. The molecular weight excluding hydrogens is 366 g/mol. The summed E-state index contributed by atoms with van der Waals surface area (Å²) in [4.78, 5) is 33.5. The number of nitrogens with one attached hydrogen (secondary N) is 1. The van der Waals surface area contributed by atoms with Crippen molar-refractivity contribution in [3.05, 3.63) is 70.1 Å². The van der Waals surface area contributed by atoms with Crippen molar-refractivity contribution in [2.75, 3.05) is 6.54 Å². The van der Waals surface area contributed by atoms with E-state index in [1.165, 1.54) is 0 Å². The fraction of sp³-hybridized carbons (Fsp3) is 0.261. The van der Waals surface area contributed by atoms with E-state index in [9.17, 15) is 14.7 Å². The zero-order valence-corrected chi connectivity index (χ0v) is 16.5. The molecule has 1 aliphatic rings. The lowest BCUT2D eigenvalue weighted by Crippen LogP contribution is -2.33. The van der Waals surface area contributed by atoms with E-state index in [-0.39, 0.29) is 17.7 Å². The Morgan fingerprint density at radius 3 is 2.52 bits per heavy atom. The minimum Gasteiger partial charge on any atom is -0.508 e. The van der Waals surface area contributed by atoms with Crippen LogP contribution in [0.1, 0.15) is 35.7 Å². The molecule has 6 heteroatoms. The molecule has 1 aromatic heterocycles. The smallest absolute Gasteiger partial charge is 0.345 e. The summed E-state index contributed by atoms with van der Waals surface area (Å²) < 4.78 is 0. The molecule has 1 aliphatic heterocycles. The number of amides is 1. The van der Waals surface area contributed by atoms with Crippen LogP contribution < -0.4 is 5.69 Å². The number of carbonyl (C=O) groups excluding carboxylic acids is 1. The molecule has 2 N–H and O–H groups in total. The number of carbonyl (C=O) groups is 1. The SMILES string of the molecule is Cc1cc(-c2cc(-c3ccc(C(=O)N4CCCC4C)cc3)[nH]c(=O)n2)ccc1O. The minimum atomic E-state index is -0.450. The first kappa shape index (κ1) is 18.9. The van der Waals surface area contributed by atoms with Crippen LogP contribution in [0.15, 0.2) is 53.3 Å². The van der Waals surface area contributed by atoms with Gasteiger partial charge >= 0.3 is 5.69 Å². The maximum Gasteiger partial charge on any atom is 0.345 e. The Bertz CT molecular complexity index is 1120. The highest BCUT2D eigenvalue weighted by Crippen LogP contribution is 2.26. The molecule has 0 spiro atoms. The number of likely N-dealkylation sites (tertiary alicyclic amines) is 1. The molecule has 4 rings (SSSR count). The number of phenols is 1. The molecule has 1 unspecified atom stereocenters. The lowest BCUT2D eigenvalue weighted by Gasteiger charge is -2.21. The van der Waals surface area contributed by atoms with Gasteiger partial charge in [-0.1, -0.05) is 12.1 Å². The summed E-state index contributed by atoms with van der Waals surface area (Å²) in [6, 6.07) is 14.5. The zero-order chi connectivity index (χ0) is 20.5. The average molecular weight is 389 g/mol. The number of aromatic amines is 1. The molecule has 0 bridgehead atoms. The third kappa shape index (κ3) is 3.78. The van der Waals surface area contributed by atoms with Crippen molar-refractivity contribution in [1.29, 1.82) is 0 Å². The van der Waals surface area contributed by atoms with E-state index >= 15 is 0 Å². The van der Waals surface area contributed by atoms with Gasteiger partial charge in [0.1, 0.15) is 5.75 Å². The van der Waals surface area contributed by atoms with Crippen LogP contribution in [0, 0.1) is 6.92 Å². The topological polar surface area (TPSA) is 86.3 Å². The van der Waals surface area contributed by atoms with E-state index in [0.29, 0.717) is 22.5 Å². The molecular formula is C23H23N3O3. The third-order valence-corrected chi connectivity index (χ3v) is 5.49. The summed E-state index contributed by atoms with van der Waals surface area (Å²) in [5.74, 6) is 0.247. The Balaban J connectivity index is 1.65. The molecule has 2 heterocycles. The number of aromatic hydroxyl groups is 1. The second-order valence-corrected chi connectivity index (χ2v) is 7.55. The molecule has 0 saturated carbocycles. The summed E-state index contributed by atoms with van der Waals surface area (Å²) in [7, 11) is 0. The van der Waals surface area contributed by atoms with Gasteiger partial charge in [0.25, 0.3) is 5.91 Å². The normalized spacial score (nSPS) is 16.2. The van der Waals surface area contributed by atoms with Crippen molar-refractivity contribution in [2.45, 2.75) is 32.7 Å². The Labute approximate surface area is 168 Å². The van der Waals surface area contributed by atoms with Crippen molar-refractivity contribution in [3.8, 4) is 28.3 Å². The summed E-state index contributed by atoms with van der Waals surface area (Å²) in [6.07, 6.45) is 2.09. The van der Waals surface area contributed by atoms with Crippen molar-refractivity contribution in [3.63, 3.8) is 0 Å². The quantitative estimate of drug-likeness (QED) is 0.714. The van der Waals surface area contributed by atoms with E-state index in [1.807, 2.05) is 17.0 Å². The van der Waals surface area contributed by atoms with Crippen LogP contribution in [-0.4, -0.2) is 38.5 Å². The van der Waals surface area contributed by atoms with Crippen LogP contribution >= 0.6 is 0 Å². The number of aromatic nitrogens is 2. The van der Waals surface area contributed by atoms with Gasteiger partial charge < -0.3 is 15.0 Å². The van der Waals surface area contributed by atoms with Crippen LogP contribution in [-0.2, 0) is 0 Å². The van der Waals surface area contributed by atoms with Gasteiger partial charge in [0, 0.05) is 23.7 Å². The van der Waals surface area contributed by atoms with Gasteiger partial charge in [0.2, 0.25) is 0 Å². The van der Waals surface area contributed by atoms with E-state index in [4.69, 9.17) is 0 Å². The number of phenolic OH excluding ortho intramolecular Hbond substituents is 1. The maximum absolute atomic E-state index is 12.7. The predicted octanol–water partition coefficient (Wildman–Crippen LogP) is 3.74. The second-order valence-electron chi connectivity index (χ2n) is 7.55. The van der Waals surface area contributed by atoms with Gasteiger partial charge in [0.15, 0.2) is 0 Å². The van der Waals surface area contributed by atoms with E-state index in [1.54, 1.807) is 43.3 Å². The zero-order valence-electron chi connectivity index (χ0n) is 16.5. The maximum atomic E-state index is 12.7. The number of benzene rings is 2. The van der Waals surface area contributed by atoms with Crippen molar-refractivity contribution < 1.29 is 9.90 Å². The minimum absolute atomic E-state index is 0.0463. The van der Waals surface area contributed by atoms with Gasteiger partial charge in [-0.2, -0.15) is 4.98 Å². The van der Waals surface area contributed by atoms with Gasteiger partial charge in [-0.15, -0.1) is 0 Å².